The van der Waals surface area contributed by atoms with Gasteiger partial charge in [-0.2, -0.15) is 0 Å². The van der Waals surface area contributed by atoms with Crippen molar-refractivity contribution in [3.63, 3.8) is 0 Å². The minimum Gasteiger partial charge on any atom is -0.378 e. The molecule has 1 aliphatic heterocycles. The van der Waals surface area contributed by atoms with Gasteiger partial charge in [-0.25, -0.2) is 9.97 Å². The number of hydrogen-bond acceptors (Lipinski definition) is 6. The normalized spacial score (nSPS) is 23.6. The van der Waals surface area contributed by atoms with Crippen molar-refractivity contribution < 1.29 is 9.47 Å². The van der Waals surface area contributed by atoms with Crippen molar-refractivity contribution in [1.29, 1.82) is 0 Å². The summed E-state index contributed by atoms with van der Waals surface area (Å²) in [7, 11) is 1.73. The van der Waals surface area contributed by atoms with Gasteiger partial charge in [0, 0.05) is 26.7 Å². The maximum atomic E-state index is 5.59. The Hall–Kier alpha value is -1.24. The van der Waals surface area contributed by atoms with Gasteiger partial charge in [-0.15, -0.1) is 11.3 Å². The number of ether oxygens (including phenoxy) is 2. The van der Waals surface area contributed by atoms with E-state index in [-0.39, 0.29) is 5.60 Å². The zero-order chi connectivity index (χ0) is 12.4. The molecule has 1 unspecified atom stereocenters. The minimum absolute atomic E-state index is 0.229. The molecule has 1 saturated heterocycles. The van der Waals surface area contributed by atoms with Gasteiger partial charge in [0.2, 0.25) is 0 Å². The largest absolute Gasteiger partial charge is 0.378 e. The predicted octanol–water partition coefficient (Wildman–Crippen LogP) is 1.91. The Morgan fingerprint density at radius 1 is 1.56 bits per heavy atom. The SMILES string of the molecule is COC1(CNc2ncnc3sccc23)CCOC1. The lowest BCUT2D eigenvalue weighted by atomic mass is 10.0. The Bertz CT molecular complexity index is 537. The van der Waals surface area contributed by atoms with Crippen molar-refractivity contribution in [3.8, 4) is 0 Å². The Labute approximate surface area is 109 Å². The first-order valence-electron chi connectivity index (χ1n) is 5.88. The zero-order valence-electron chi connectivity index (χ0n) is 10.2. The monoisotopic (exact) mass is 265 g/mol. The first-order valence-corrected chi connectivity index (χ1v) is 6.76. The van der Waals surface area contributed by atoms with Gasteiger partial charge in [0.05, 0.1) is 12.0 Å². The molecule has 18 heavy (non-hydrogen) atoms. The molecular formula is C12H15N3O2S. The molecule has 0 aliphatic carbocycles. The average Bonchev–Trinajstić information content (AvgIpc) is 3.06. The molecule has 1 N–H and O–H groups in total. The van der Waals surface area contributed by atoms with Crippen LogP contribution >= 0.6 is 11.3 Å². The van der Waals surface area contributed by atoms with Crippen LogP contribution in [0.25, 0.3) is 10.2 Å². The maximum Gasteiger partial charge on any atom is 0.138 e. The van der Waals surface area contributed by atoms with Gasteiger partial charge in [-0.1, -0.05) is 0 Å². The summed E-state index contributed by atoms with van der Waals surface area (Å²) >= 11 is 1.62. The van der Waals surface area contributed by atoms with Crippen LogP contribution in [0.5, 0.6) is 0 Å². The summed E-state index contributed by atoms with van der Waals surface area (Å²) in [5.74, 6) is 0.865. The zero-order valence-corrected chi connectivity index (χ0v) is 11.0. The van der Waals surface area contributed by atoms with E-state index in [0.29, 0.717) is 13.2 Å². The van der Waals surface area contributed by atoms with Crippen molar-refractivity contribution in [3.05, 3.63) is 17.8 Å². The lowest BCUT2D eigenvalue weighted by Gasteiger charge is -2.26. The van der Waals surface area contributed by atoms with E-state index in [9.17, 15) is 0 Å². The van der Waals surface area contributed by atoms with Gasteiger partial charge < -0.3 is 14.8 Å². The van der Waals surface area contributed by atoms with Gasteiger partial charge in [0.25, 0.3) is 0 Å². The number of hydrogen-bond donors (Lipinski definition) is 1. The molecule has 2 aromatic rings. The molecule has 2 aromatic heterocycles. The third-order valence-corrected chi connectivity index (χ3v) is 4.16. The smallest absolute Gasteiger partial charge is 0.138 e. The van der Waals surface area contributed by atoms with E-state index in [1.165, 1.54) is 0 Å². The first kappa shape index (κ1) is 11.8. The topological polar surface area (TPSA) is 56.3 Å². The molecule has 1 atom stereocenters. The quantitative estimate of drug-likeness (QED) is 0.915. The second-order valence-corrected chi connectivity index (χ2v) is 5.30. The summed E-state index contributed by atoms with van der Waals surface area (Å²) in [4.78, 5) is 9.53. The minimum atomic E-state index is -0.229. The van der Waals surface area contributed by atoms with Gasteiger partial charge in [-0.3, -0.25) is 0 Å². The molecule has 0 amide bonds. The summed E-state index contributed by atoms with van der Waals surface area (Å²) in [6.07, 6.45) is 2.50. The number of methoxy groups -OCH3 is 1. The van der Waals surface area contributed by atoms with E-state index >= 15 is 0 Å². The maximum absolute atomic E-state index is 5.59. The fraction of sp³-hybridized carbons (Fsp3) is 0.500. The molecule has 96 valence electrons. The molecule has 3 heterocycles. The Balaban J connectivity index is 1.78. The molecule has 1 aliphatic rings. The van der Waals surface area contributed by atoms with Crippen LogP contribution in [0.2, 0.25) is 0 Å². The second-order valence-electron chi connectivity index (χ2n) is 4.40. The van der Waals surface area contributed by atoms with Crippen LogP contribution in [-0.2, 0) is 9.47 Å². The van der Waals surface area contributed by atoms with Crippen LogP contribution < -0.4 is 5.32 Å². The highest BCUT2D eigenvalue weighted by Gasteiger charge is 2.34. The van der Waals surface area contributed by atoms with Crippen molar-refractivity contribution >= 4 is 27.4 Å². The van der Waals surface area contributed by atoms with Gasteiger partial charge in [0.15, 0.2) is 0 Å². The van der Waals surface area contributed by atoms with E-state index < -0.39 is 0 Å². The fourth-order valence-electron chi connectivity index (χ4n) is 2.14. The van der Waals surface area contributed by atoms with E-state index in [2.05, 4.69) is 15.3 Å². The molecular weight excluding hydrogens is 250 g/mol. The van der Waals surface area contributed by atoms with Crippen LogP contribution in [0.3, 0.4) is 0 Å². The number of thiophene rings is 1. The Kier molecular flexibility index (Phi) is 3.15. The Morgan fingerprint density at radius 3 is 3.28 bits per heavy atom. The summed E-state index contributed by atoms with van der Waals surface area (Å²) in [6, 6.07) is 2.03. The number of nitrogens with one attached hydrogen (secondary N) is 1. The third kappa shape index (κ3) is 2.07. The summed E-state index contributed by atoms with van der Waals surface area (Å²) < 4.78 is 11.0. The highest BCUT2D eigenvalue weighted by Crippen LogP contribution is 2.26. The molecule has 0 aromatic carbocycles. The lowest BCUT2D eigenvalue weighted by Crippen LogP contribution is -2.39. The average molecular weight is 265 g/mol. The number of fused-ring (bicyclic) bond motifs is 1. The molecule has 1 fully saturated rings. The fourth-order valence-corrected chi connectivity index (χ4v) is 2.87. The second kappa shape index (κ2) is 4.79. The highest BCUT2D eigenvalue weighted by molar-refractivity contribution is 7.16. The van der Waals surface area contributed by atoms with Crippen LogP contribution in [0.15, 0.2) is 17.8 Å². The number of rotatable bonds is 4. The molecule has 3 rings (SSSR count). The van der Waals surface area contributed by atoms with Gasteiger partial charge in [0.1, 0.15) is 22.6 Å². The van der Waals surface area contributed by atoms with E-state index in [1.54, 1.807) is 24.8 Å². The molecule has 0 radical (unpaired) electrons. The lowest BCUT2D eigenvalue weighted by molar-refractivity contribution is -0.00623. The summed E-state index contributed by atoms with van der Waals surface area (Å²) in [5, 5.41) is 6.44. The van der Waals surface area contributed by atoms with Gasteiger partial charge in [-0.05, 0) is 11.4 Å². The van der Waals surface area contributed by atoms with Crippen LogP contribution in [-0.4, -0.2) is 42.4 Å². The predicted molar refractivity (Wildman–Crippen MR) is 71.1 cm³/mol. The third-order valence-electron chi connectivity index (χ3n) is 3.34. The number of anilines is 1. The molecule has 0 saturated carbocycles. The number of nitrogens with zero attached hydrogens (tertiary/aromatic N) is 2. The van der Waals surface area contributed by atoms with Crippen molar-refractivity contribution in [2.75, 3.05) is 32.2 Å². The first-order chi connectivity index (χ1) is 8.83. The van der Waals surface area contributed by atoms with Crippen LogP contribution in [0, 0.1) is 0 Å². The molecule has 0 bridgehead atoms. The highest BCUT2D eigenvalue weighted by atomic mass is 32.1. The van der Waals surface area contributed by atoms with Crippen molar-refractivity contribution in [2.45, 2.75) is 12.0 Å². The van der Waals surface area contributed by atoms with E-state index in [1.807, 2.05) is 11.4 Å². The molecule has 0 spiro atoms. The van der Waals surface area contributed by atoms with E-state index in [0.717, 1.165) is 29.1 Å². The van der Waals surface area contributed by atoms with E-state index in [4.69, 9.17) is 9.47 Å². The number of aromatic nitrogens is 2. The van der Waals surface area contributed by atoms with Crippen molar-refractivity contribution in [2.24, 2.45) is 0 Å². The molecule has 6 heteroatoms. The van der Waals surface area contributed by atoms with Crippen LogP contribution in [0.1, 0.15) is 6.42 Å². The molecule has 5 nitrogen and oxygen atoms in total. The standard InChI is InChI=1S/C12H15N3O2S/c1-16-12(3-4-17-7-12)6-13-10-9-2-5-18-11(9)15-8-14-10/h2,5,8H,3-4,6-7H2,1H3,(H,13,14,15). The summed E-state index contributed by atoms with van der Waals surface area (Å²) in [5.41, 5.74) is -0.229. The summed E-state index contributed by atoms with van der Waals surface area (Å²) in [6.45, 7) is 2.09. The van der Waals surface area contributed by atoms with Crippen LogP contribution in [0.4, 0.5) is 5.82 Å². The van der Waals surface area contributed by atoms with Gasteiger partial charge >= 0.3 is 0 Å². The Morgan fingerprint density at radius 2 is 2.50 bits per heavy atom. The van der Waals surface area contributed by atoms with Crippen molar-refractivity contribution in [1.82, 2.24) is 9.97 Å².